The summed E-state index contributed by atoms with van der Waals surface area (Å²) >= 11 is 0. The number of carbonyl (C=O) groups excluding carboxylic acids is 2. The maximum absolute atomic E-state index is 11.8. The van der Waals surface area contributed by atoms with E-state index in [4.69, 9.17) is 0 Å². The summed E-state index contributed by atoms with van der Waals surface area (Å²) in [6.07, 6.45) is 3.33. The minimum absolute atomic E-state index is 0.175. The first-order chi connectivity index (χ1) is 6.93. The lowest BCUT2D eigenvalue weighted by Crippen LogP contribution is -2.56. The highest BCUT2D eigenvalue weighted by Gasteiger charge is 2.57. The van der Waals surface area contributed by atoms with Crippen LogP contribution in [0.15, 0.2) is 0 Å². The van der Waals surface area contributed by atoms with Crippen LogP contribution in [0.25, 0.3) is 0 Å². The lowest BCUT2D eigenvalue weighted by Gasteiger charge is -2.59. The average Bonchev–Trinajstić information content (AvgIpc) is 2.15. The second-order valence-electron chi connectivity index (χ2n) is 5.88. The molecule has 0 heterocycles. The highest BCUT2D eigenvalue weighted by molar-refractivity contribution is 5.84. The molecule has 0 saturated heterocycles. The van der Waals surface area contributed by atoms with Crippen molar-refractivity contribution in [1.82, 2.24) is 0 Å². The first-order valence-corrected chi connectivity index (χ1v) is 5.95. The van der Waals surface area contributed by atoms with Gasteiger partial charge >= 0.3 is 0 Å². The summed E-state index contributed by atoms with van der Waals surface area (Å²) in [4.78, 5) is 22.8. The van der Waals surface area contributed by atoms with Crippen molar-refractivity contribution < 1.29 is 9.59 Å². The van der Waals surface area contributed by atoms with Crippen molar-refractivity contribution in [2.45, 2.75) is 46.5 Å². The number of hydrogen-bond donors (Lipinski definition) is 0. The van der Waals surface area contributed by atoms with Gasteiger partial charge < -0.3 is 4.79 Å². The van der Waals surface area contributed by atoms with E-state index in [0.717, 1.165) is 12.8 Å². The molecule has 3 aliphatic carbocycles. The van der Waals surface area contributed by atoms with Crippen LogP contribution in [0.3, 0.4) is 0 Å². The summed E-state index contributed by atoms with van der Waals surface area (Å²) in [7, 11) is 0. The Morgan fingerprint density at radius 3 is 2.67 bits per heavy atom. The molecule has 0 aliphatic heterocycles. The Bertz CT molecular complexity index is 304. The van der Waals surface area contributed by atoms with Gasteiger partial charge in [-0.1, -0.05) is 13.8 Å². The van der Waals surface area contributed by atoms with Gasteiger partial charge in [0.1, 0.15) is 11.6 Å². The first kappa shape index (κ1) is 10.8. The second kappa shape index (κ2) is 3.43. The number of hydrogen-bond acceptors (Lipinski definition) is 2. The summed E-state index contributed by atoms with van der Waals surface area (Å²) in [5, 5.41) is 0. The third-order valence-electron chi connectivity index (χ3n) is 4.70. The molecule has 3 atom stereocenters. The number of ketones is 2. The Hall–Kier alpha value is -0.660. The Morgan fingerprint density at radius 1 is 1.47 bits per heavy atom. The van der Waals surface area contributed by atoms with E-state index in [1.165, 1.54) is 6.42 Å². The normalized spacial score (nSPS) is 37.3. The topological polar surface area (TPSA) is 34.1 Å². The molecule has 0 amide bonds. The van der Waals surface area contributed by atoms with Crippen molar-refractivity contribution in [3.8, 4) is 0 Å². The maximum Gasteiger partial charge on any atom is 0.136 e. The van der Waals surface area contributed by atoms with Crippen molar-refractivity contribution in [2.75, 3.05) is 0 Å². The molecule has 2 bridgehead atoms. The monoisotopic (exact) mass is 208 g/mol. The summed E-state index contributed by atoms with van der Waals surface area (Å²) in [6.45, 7) is 6.17. The summed E-state index contributed by atoms with van der Waals surface area (Å²) in [5.41, 5.74) is 0.343. The van der Waals surface area contributed by atoms with Crippen molar-refractivity contribution >= 4 is 11.6 Å². The van der Waals surface area contributed by atoms with Gasteiger partial charge in [0.05, 0.1) is 0 Å². The third kappa shape index (κ3) is 1.64. The van der Waals surface area contributed by atoms with E-state index in [2.05, 4.69) is 13.8 Å². The minimum Gasteiger partial charge on any atom is -0.300 e. The summed E-state index contributed by atoms with van der Waals surface area (Å²) in [5.74, 6) is 1.96. The molecule has 3 saturated carbocycles. The lowest BCUT2D eigenvalue weighted by atomic mass is 9.45. The van der Waals surface area contributed by atoms with Gasteiger partial charge in [-0.15, -0.1) is 0 Å². The molecule has 0 radical (unpaired) electrons. The van der Waals surface area contributed by atoms with E-state index in [0.29, 0.717) is 29.5 Å². The minimum atomic E-state index is 0.175. The molecule has 0 spiro atoms. The van der Waals surface area contributed by atoms with Crippen LogP contribution >= 0.6 is 0 Å². The molecular weight excluding hydrogens is 188 g/mol. The molecule has 3 aliphatic rings. The molecule has 0 aromatic rings. The van der Waals surface area contributed by atoms with Crippen LogP contribution in [-0.2, 0) is 9.59 Å². The fourth-order valence-electron chi connectivity index (χ4n) is 3.42. The summed E-state index contributed by atoms with van der Waals surface area (Å²) in [6, 6.07) is 0. The van der Waals surface area contributed by atoms with Gasteiger partial charge in [-0.3, -0.25) is 4.79 Å². The van der Waals surface area contributed by atoms with Crippen molar-refractivity contribution in [3.05, 3.63) is 0 Å². The Balaban J connectivity index is 2.03. The molecular formula is C13H20O2. The van der Waals surface area contributed by atoms with Crippen molar-refractivity contribution in [1.29, 1.82) is 0 Å². The number of Topliss-reactive ketones (excluding diaryl/α,β-unsaturated/α-hetero) is 2. The van der Waals surface area contributed by atoms with Gasteiger partial charge in [0.25, 0.3) is 0 Å². The number of carbonyl (C=O) groups is 2. The number of rotatable bonds is 3. The zero-order valence-corrected chi connectivity index (χ0v) is 9.88. The molecule has 2 heteroatoms. The molecule has 15 heavy (non-hydrogen) atoms. The number of fused-ring (bicyclic) bond motifs is 2. The van der Waals surface area contributed by atoms with Gasteiger partial charge in [-0.25, -0.2) is 0 Å². The zero-order chi connectivity index (χ0) is 11.2. The second-order valence-corrected chi connectivity index (χ2v) is 5.88. The van der Waals surface area contributed by atoms with Gasteiger partial charge in [0, 0.05) is 18.8 Å². The molecule has 3 fully saturated rings. The summed E-state index contributed by atoms with van der Waals surface area (Å²) < 4.78 is 0. The van der Waals surface area contributed by atoms with E-state index in [-0.39, 0.29) is 11.7 Å². The largest absolute Gasteiger partial charge is 0.300 e. The molecule has 0 N–H and O–H groups in total. The van der Waals surface area contributed by atoms with E-state index in [9.17, 15) is 9.59 Å². The lowest BCUT2D eigenvalue weighted by molar-refractivity contribution is -0.155. The molecule has 3 unspecified atom stereocenters. The average molecular weight is 208 g/mol. The maximum atomic E-state index is 11.8. The quantitative estimate of drug-likeness (QED) is 0.714. The van der Waals surface area contributed by atoms with Crippen molar-refractivity contribution in [3.63, 3.8) is 0 Å². The van der Waals surface area contributed by atoms with Gasteiger partial charge in [-0.2, -0.15) is 0 Å². The third-order valence-corrected chi connectivity index (χ3v) is 4.70. The highest BCUT2D eigenvalue weighted by atomic mass is 16.1. The Kier molecular flexibility index (Phi) is 2.48. The predicted octanol–water partition coefficient (Wildman–Crippen LogP) is 2.61. The van der Waals surface area contributed by atoms with E-state index in [1.54, 1.807) is 6.92 Å². The van der Waals surface area contributed by atoms with Crippen LogP contribution in [0, 0.1) is 23.2 Å². The fourth-order valence-corrected chi connectivity index (χ4v) is 3.42. The van der Waals surface area contributed by atoms with Gasteiger partial charge in [-0.05, 0) is 37.0 Å². The molecule has 0 aromatic heterocycles. The SMILES string of the molecule is CC(=O)CCC1C(=O)CC2CC1C2(C)C. The van der Waals surface area contributed by atoms with Crippen LogP contribution in [0.1, 0.15) is 46.5 Å². The van der Waals surface area contributed by atoms with Crippen LogP contribution in [0.4, 0.5) is 0 Å². The Labute approximate surface area is 91.4 Å². The van der Waals surface area contributed by atoms with Crippen molar-refractivity contribution in [2.24, 2.45) is 23.2 Å². The molecule has 3 rings (SSSR count). The van der Waals surface area contributed by atoms with Gasteiger partial charge in [0.15, 0.2) is 0 Å². The molecule has 0 aromatic carbocycles. The molecule has 2 nitrogen and oxygen atoms in total. The van der Waals surface area contributed by atoms with E-state index >= 15 is 0 Å². The van der Waals surface area contributed by atoms with Gasteiger partial charge in [0.2, 0.25) is 0 Å². The Morgan fingerprint density at radius 2 is 2.13 bits per heavy atom. The van der Waals surface area contributed by atoms with Crippen LogP contribution in [0.2, 0.25) is 0 Å². The van der Waals surface area contributed by atoms with Crippen LogP contribution in [-0.4, -0.2) is 11.6 Å². The molecule has 84 valence electrons. The predicted molar refractivity (Wildman–Crippen MR) is 58.4 cm³/mol. The fraction of sp³-hybridized carbons (Fsp3) is 0.846. The smallest absolute Gasteiger partial charge is 0.136 e. The van der Waals surface area contributed by atoms with E-state index < -0.39 is 0 Å². The van der Waals surface area contributed by atoms with Crippen LogP contribution < -0.4 is 0 Å². The van der Waals surface area contributed by atoms with Crippen LogP contribution in [0.5, 0.6) is 0 Å². The zero-order valence-electron chi connectivity index (χ0n) is 9.88. The van der Waals surface area contributed by atoms with E-state index in [1.807, 2.05) is 0 Å². The standard InChI is InChI=1S/C13H20O2/c1-8(14)4-5-10-11-6-9(7-12(10)15)13(11,2)3/h9-11H,4-7H2,1-3H3. The highest BCUT2D eigenvalue weighted by Crippen LogP contribution is 2.60. The first-order valence-electron chi connectivity index (χ1n) is 5.95.